The maximum atomic E-state index is 11.9. The summed E-state index contributed by atoms with van der Waals surface area (Å²) in [6, 6.07) is 9.79. The summed E-state index contributed by atoms with van der Waals surface area (Å²) >= 11 is 1.60. The molecular weight excluding hydrogens is 249 g/mol. The van der Waals surface area contributed by atoms with Gasteiger partial charge in [0.2, 0.25) is 0 Å². The first-order chi connectivity index (χ1) is 7.94. The number of hydrogen-bond acceptors (Lipinski definition) is 2. The molecule has 0 N–H and O–H groups in total. The van der Waals surface area contributed by atoms with Crippen LogP contribution in [0.25, 0.3) is 10.4 Å². The summed E-state index contributed by atoms with van der Waals surface area (Å²) in [6.45, 7) is 1.98. The van der Waals surface area contributed by atoms with Gasteiger partial charge in [0.05, 0.1) is 0 Å². The predicted molar refractivity (Wildman–Crippen MR) is 61.2 cm³/mol. The molecule has 0 amide bonds. The number of hydrogen-bond donors (Lipinski definition) is 0. The first kappa shape index (κ1) is 12.0. The van der Waals surface area contributed by atoms with Crippen molar-refractivity contribution in [1.29, 1.82) is 0 Å². The Balaban J connectivity index is 2.19. The Bertz CT molecular complexity index is 499. The van der Waals surface area contributed by atoms with E-state index < -0.39 is 6.36 Å². The number of aryl methyl sites for hydroxylation is 1. The third kappa shape index (κ3) is 3.23. The second-order valence-electron chi connectivity index (χ2n) is 3.48. The topological polar surface area (TPSA) is 9.23 Å². The summed E-state index contributed by atoms with van der Waals surface area (Å²) in [4.78, 5) is 2.19. The van der Waals surface area contributed by atoms with Crippen molar-refractivity contribution in [3.8, 4) is 16.2 Å². The highest BCUT2D eigenvalue weighted by atomic mass is 32.1. The molecule has 90 valence electrons. The van der Waals surface area contributed by atoms with Gasteiger partial charge in [0.1, 0.15) is 5.75 Å². The third-order valence-electron chi connectivity index (χ3n) is 2.11. The number of thiophene rings is 1. The molecule has 0 saturated carbocycles. The minimum Gasteiger partial charge on any atom is -0.406 e. The molecule has 2 aromatic rings. The van der Waals surface area contributed by atoms with Gasteiger partial charge in [0.25, 0.3) is 0 Å². The van der Waals surface area contributed by atoms with Gasteiger partial charge in [-0.05, 0) is 48.9 Å². The van der Waals surface area contributed by atoms with Crippen molar-refractivity contribution in [2.45, 2.75) is 13.3 Å². The Morgan fingerprint density at radius 3 is 2.12 bits per heavy atom. The average molecular weight is 258 g/mol. The molecule has 1 aromatic carbocycles. The molecule has 0 aliphatic carbocycles. The summed E-state index contributed by atoms with van der Waals surface area (Å²) in [5, 5.41) is 0. The molecule has 0 radical (unpaired) electrons. The maximum Gasteiger partial charge on any atom is 0.573 e. The highest BCUT2D eigenvalue weighted by Gasteiger charge is 2.30. The number of rotatable bonds is 2. The lowest BCUT2D eigenvalue weighted by molar-refractivity contribution is -0.274. The lowest BCUT2D eigenvalue weighted by atomic mass is 10.2. The lowest BCUT2D eigenvalue weighted by Crippen LogP contribution is -2.16. The Labute approximate surface area is 100 Å². The molecule has 0 spiro atoms. The van der Waals surface area contributed by atoms with Gasteiger partial charge in [-0.15, -0.1) is 24.5 Å². The van der Waals surface area contributed by atoms with Gasteiger partial charge in [-0.3, -0.25) is 0 Å². The fraction of sp³-hybridized carbons (Fsp3) is 0.167. The van der Waals surface area contributed by atoms with Crippen LogP contribution < -0.4 is 4.74 Å². The van der Waals surface area contributed by atoms with Crippen LogP contribution in [-0.4, -0.2) is 6.36 Å². The number of alkyl halides is 3. The number of halogens is 3. The first-order valence-electron chi connectivity index (χ1n) is 4.87. The SMILES string of the molecule is Cc1ccc(-c2ccc(OC(F)(F)F)cc2)s1. The monoisotopic (exact) mass is 258 g/mol. The number of ether oxygens (including phenoxy) is 1. The second kappa shape index (κ2) is 4.41. The van der Waals surface area contributed by atoms with Crippen LogP contribution in [0, 0.1) is 6.92 Å². The van der Waals surface area contributed by atoms with Crippen LogP contribution in [0.4, 0.5) is 13.2 Å². The van der Waals surface area contributed by atoms with E-state index in [9.17, 15) is 13.2 Å². The molecule has 17 heavy (non-hydrogen) atoms. The van der Waals surface area contributed by atoms with Crippen molar-refractivity contribution >= 4 is 11.3 Å². The molecule has 1 aromatic heterocycles. The fourth-order valence-corrected chi connectivity index (χ4v) is 2.28. The minimum absolute atomic E-state index is 0.200. The van der Waals surface area contributed by atoms with Crippen molar-refractivity contribution in [1.82, 2.24) is 0 Å². The van der Waals surface area contributed by atoms with E-state index >= 15 is 0 Å². The Morgan fingerprint density at radius 2 is 1.65 bits per heavy atom. The van der Waals surface area contributed by atoms with E-state index in [4.69, 9.17) is 0 Å². The van der Waals surface area contributed by atoms with Gasteiger partial charge < -0.3 is 4.74 Å². The van der Waals surface area contributed by atoms with Gasteiger partial charge in [0, 0.05) is 9.75 Å². The van der Waals surface area contributed by atoms with E-state index in [-0.39, 0.29) is 5.75 Å². The smallest absolute Gasteiger partial charge is 0.406 e. The van der Waals surface area contributed by atoms with Gasteiger partial charge in [0.15, 0.2) is 0 Å². The average Bonchev–Trinajstić information content (AvgIpc) is 2.63. The summed E-state index contributed by atoms with van der Waals surface area (Å²) < 4.78 is 39.6. The molecule has 0 saturated heterocycles. The van der Waals surface area contributed by atoms with Crippen molar-refractivity contribution in [2.24, 2.45) is 0 Å². The highest BCUT2D eigenvalue weighted by molar-refractivity contribution is 7.15. The lowest BCUT2D eigenvalue weighted by Gasteiger charge is -2.08. The molecule has 1 nitrogen and oxygen atoms in total. The largest absolute Gasteiger partial charge is 0.573 e. The molecule has 5 heteroatoms. The molecule has 0 fully saturated rings. The summed E-state index contributed by atoms with van der Waals surface area (Å²) in [5.74, 6) is -0.200. The zero-order valence-electron chi connectivity index (χ0n) is 8.91. The van der Waals surface area contributed by atoms with Crippen LogP contribution in [0.5, 0.6) is 5.75 Å². The van der Waals surface area contributed by atoms with Gasteiger partial charge in [-0.1, -0.05) is 0 Å². The van der Waals surface area contributed by atoms with Crippen LogP contribution in [0.3, 0.4) is 0 Å². The third-order valence-corrected chi connectivity index (χ3v) is 3.16. The van der Waals surface area contributed by atoms with Crippen LogP contribution in [0.1, 0.15) is 4.88 Å². The van der Waals surface area contributed by atoms with Crippen LogP contribution in [-0.2, 0) is 0 Å². The van der Waals surface area contributed by atoms with E-state index in [0.29, 0.717) is 0 Å². The second-order valence-corrected chi connectivity index (χ2v) is 4.77. The fourth-order valence-electron chi connectivity index (χ4n) is 1.41. The highest BCUT2D eigenvalue weighted by Crippen LogP contribution is 2.30. The van der Waals surface area contributed by atoms with Crippen molar-refractivity contribution in [2.75, 3.05) is 0 Å². The molecule has 0 aliphatic heterocycles. The Morgan fingerprint density at radius 1 is 1.00 bits per heavy atom. The maximum absolute atomic E-state index is 11.9. The van der Waals surface area contributed by atoms with Gasteiger partial charge >= 0.3 is 6.36 Å². The van der Waals surface area contributed by atoms with E-state index in [0.717, 1.165) is 15.3 Å². The molecule has 2 rings (SSSR count). The Kier molecular flexibility index (Phi) is 3.11. The summed E-state index contributed by atoms with van der Waals surface area (Å²) in [5.41, 5.74) is 0.887. The van der Waals surface area contributed by atoms with Crippen LogP contribution in [0.2, 0.25) is 0 Å². The van der Waals surface area contributed by atoms with Crippen molar-refractivity contribution in [3.63, 3.8) is 0 Å². The van der Waals surface area contributed by atoms with E-state index in [2.05, 4.69) is 4.74 Å². The van der Waals surface area contributed by atoms with Crippen LogP contribution >= 0.6 is 11.3 Å². The molecule has 0 atom stereocenters. The number of benzene rings is 1. The van der Waals surface area contributed by atoms with Gasteiger partial charge in [-0.25, -0.2) is 0 Å². The van der Waals surface area contributed by atoms with E-state index in [1.54, 1.807) is 23.5 Å². The normalized spacial score (nSPS) is 11.5. The quantitative estimate of drug-likeness (QED) is 0.763. The molecule has 0 bridgehead atoms. The first-order valence-corrected chi connectivity index (χ1v) is 5.68. The summed E-state index contributed by atoms with van der Waals surface area (Å²) in [6.07, 6.45) is -4.64. The molecule has 1 heterocycles. The zero-order chi connectivity index (χ0) is 12.5. The molecular formula is C12H9F3OS. The van der Waals surface area contributed by atoms with E-state index in [1.807, 2.05) is 19.1 Å². The van der Waals surface area contributed by atoms with Crippen molar-refractivity contribution in [3.05, 3.63) is 41.3 Å². The predicted octanol–water partition coefficient (Wildman–Crippen LogP) is 4.62. The van der Waals surface area contributed by atoms with E-state index in [1.165, 1.54) is 12.1 Å². The van der Waals surface area contributed by atoms with Crippen molar-refractivity contribution < 1.29 is 17.9 Å². The van der Waals surface area contributed by atoms with Gasteiger partial charge in [-0.2, -0.15) is 0 Å². The van der Waals surface area contributed by atoms with Crippen LogP contribution in [0.15, 0.2) is 36.4 Å². The molecule has 0 unspecified atom stereocenters. The Hall–Kier alpha value is -1.49. The zero-order valence-corrected chi connectivity index (χ0v) is 9.73. The standard InChI is InChI=1S/C12H9F3OS/c1-8-2-7-11(17-8)9-3-5-10(6-4-9)16-12(13,14)15/h2-7H,1H3. The minimum atomic E-state index is -4.64. The summed E-state index contributed by atoms with van der Waals surface area (Å²) in [7, 11) is 0. The molecule has 0 aliphatic rings.